The molecule has 2 aliphatic heterocycles. The summed E-state index contributed by atoms with van der Waals surface area (Å²) in [5, 5.41) is 8.80. The van der Waals surface area contributed by atoms with E-state index in [-0.39, 0.29) is 34.8 Å². The average Bonchev–Trinajstić information content (AvgIpc) is 3.64. The van der Waals surface area contributed by atoms with Gasteiger partial charge >= 0.3 is 6.01 Å². The molecule has 0 saturated carbocycles. The number of nitrogens with one attached hydrogen (secondary N) is 2. The third-order valence-corrected chi connectivity index (χ3v) is 8.17. The van der Waals surface area contributed by atoms with E-state index in [9.17, 15) is 8.78 Å². The molecule has 2 bridgehead atoms. The molecule has 2 aliphatic rings. The number of piperazine rings is 1. The Morgan fingerprint density at radius 3 is 2.67 bits per heavy atom. The number of hydrogen-bond acceptors (Lipinski definition) is 7. The number of nitrogens with zero attached hydrogens (tertiary/aromatic N) is 6. The molecule has 6 heterocycles. The molecule has 0 aliphatic carbocycles. The van der Waals surface area contributed by atoms with E-state index in [1.165, 1.54) is 18.3 Å². The molecule has 4 aromatic heterocycles. The van der Waals surface area contributed by atoms with Gasteiger partial charge in [0, 0.05) is 55.6 Å². The highest BCUT2D eigenvalue weighted by Gasteiger charge is 2.34. The van der Waals surface area contributed by atoms with Gasteiger partial charge in [-0.25, -0.2) is 13.2 Å². The van der Waals surface area contributed by atoms with Gasteiger partial charge in [0.2, 0.25) is 0 Å². The van der Waals surface area contributed by atoms with Crippen LogP contribution < -0.4 is 15.0 Å². The Kier molecular flexibility index (Phi) is 5.61. The highest BCUT2D eigenvalue weighted by molar-refractivity contribution is 5.99. The Bertz CT molecular complexity index is 1980. The van der Waals surface area contributed by atoms with Crippen molar-refractivity contribution in [2.45, 2.75) is 31.5 Å². The maximum Gasteiger partial charge on any atom is 0.319 e. The second-order valence-electron chi connectivity index (χ2n) is 11.0. The highest BCUT2D eigenvalue weighted by Crippen LogP contribution is 2.37. The maximum absolute atomic E-state index is 16.4. The zero-order valence-electron chi connectivity index (χ0n) is 22.5. The summed E-state index contributed by atoms with van der Waals surface area (Å²) in [5.74, 6) is -2.30. The Labute approximate surface area is 237 Å². The summed E-state index contributed by atoms with van der Waals surface area (Å²) < 4.78 is 53.4. The number of benzene rings is 2. The largest absolute Gasteiger partial charge is 0.457 e. The molecule has 2 atom stereocenters. The van der Waals surface area contributed by atoms with Crippen LogP contribution in [-0.4, -0.2) is 54.9 Å². The lowest BCUT2D eigenvalue weighted by Crippen LogP contribution is -2.51. The molecule has 2 aromatic carbocycles. The summed E-state index contributed by atoms with van der Waals surface area (Å²) in [4.78, 5) is 19.0. The first-order chi connectivity index (χ1) is 20.4. The number of ether oxygens (including phenoxy) is 1. The van der Waals surface area contributed by atoms with Gasteiger partial charge in [0.05, 0.1) is 16.6 Å². The van der Waals surface area contributed by atoms with Crippen LogP contribution in [0.2, 0.25) is 0 Å². The minimum Gasteiger partial charge on any atom is -0.457 e. The second kappa shape index (κ2) is 9.41. The van der Waals surface area contributed by atoms with E-state index in [1.807, 2.05) is 19.3 Å². The maximum atomic E-state index is 16.4. The van der Waals surface area contributed by atoms with Crippen molar-refractivity contribution in [1.29, 1.82) is 0 Å². The SMILES string of the molecule is Cn1cc2[nH]c(COc3nc(N4C[C@H]5CC[C@@H](C4)N5)c4cnc(-c5cccc6ccc(F)c(F)c56)c(F)c4n3)cc2n1. The van der Waals surface area contributed by atoms with Crippen LogP contribution in [0, 0.1) is 17.5 Å². The predicted molar refractivity (Wildman–Crippen MR) is 152 cm³/mol. The lowest BCUT2D eigenvalue weighted by atomic mass is 10.00. The van der Waals surface area contributed by atoms with Crippen LogP contribution in [0.5, 0.6) is 6.01 Å². The van der Waals surface area contributed by atoms with Gasteiger partial charge in [-0.2, -0.15) is 15.1 Å². The zero-order chi connectivity index (χ0) is 28.5. The van der Waals surface area contributed by atoms with Crippen molar-refractivity contribution in [2.24, 2.45) is 7.05 Å². The van der Waals surface area contributed by atoms with Gasteiger partial charge in [0.1, 0.15) is 29.2 Å². The van der Waals surface area contributed by atoms with Crippen molar-refractivity contribution in [1.82, 2.24) is 35.0 Å². The number of fused-ring (bicyclic) bond motifs is 5. The number of H-pyrrole nitrogens is 1. The summed E-state index contributed by atoms with van der Waals surface area (Å²) in [6, 6.07) is 9.84. The van der Waals surface area contributed by atoms with E-state index in [2.05, 4.69) is 30.3 Å². The molecular weight excluding hydrogens is 545 g/mol. The Morgan fingerprint density at radius 1 is 1.02 bits per heavy atom. The molecular formula is C30H25F3N8O. The molecule has 0 unspecified atom stereocenters. The van der Waals surface area contributed by atoms with E-state index in [0.29, 0.717) is 41.8 Å². The van der Waals surface area contributed by atoms with Crippen LogP contribution >= 0.6 is 0 Å². The lowest BCUT2D eigenvalue weighted by Gasteiger charge is -2.34. The monoisotopic (exact) mass is 570 g/mol. The van der Waals surface area contributed by atoms with E-state index in [1.54, 1.807) is 16.8 Å². The zero-order valence-corrected chi connectivity index (χ0v) is 22.5. The lowest BCUT2D eigenvalue weighted by molar-refractivity contribution is 0.278. The summed E-state index contributed by atoms with van der Waals surface area (Å²) in [5.41, 5.74) is 2.44. The van der Waals surface area contributed by atoms with Crippen molar-refractivity contribution >= 4 is 38.5 Å². The number of rotatable bonds is 5. The number of hydrogen-bond donors (Lipinski definition) is 2. The van der Waals surface area contributed by atoms with Crippen LogP contribution in [0.1, 0.15) is 18.5 Å². The third kappa shape index (κ3) is 4.04. The molecule has 212 valence electrons. The number of pyridine rings is 1. The van der Waals surface area contributed by atoms with E-state index >= 15 is 4.39 Å². The smallest absolute Gasteiger partial charge is 0.319 e. The second-order valence-corrected chi connectivity index (χ2v) is 11.0. The fraction of sp³-hybridized carbons (Fsp3) is 0.267. The summed E-state index contributed by atoms with van der Waals surface area (Å²) in [7, 11) is 1.84. The minimum atomic E-state index is -1.05. The minimum absolute atomic E-state index is 0.00127. The predicted octanol–water partition coefficient (Wildman–Crippen LogP) is 5.00. The van der Waals surface area contributed by atoms with Gasteiger partial charge < -0.3 is 19.9 Å². The number of anilines is 1. The number of aryl methyl sites for hydroxylation is 1. The number of halogens is 3. The van der Waals surface area contributed by atoms with Gasteiger partial charge in [-0.1, -0.05) is 24.3 Å². The molecule has 42 heavy (non-hydrogen) atoms. The molecule has 0 amide bonds. The van der Waals surface area contributed by atoms with E-state index in [0.717, 1.165) is 35.6 Å². The molecule has 2 fully saturated rings. The first kappa shape index (κ1) is 25.0. The van der Waals surface area contributed by atoms with Crippen molar-refractivity contribution in [3.63, 3.8) is 0 Å². The third-order valence-electron chi connectivity index (χ3n) is 8.17. The first-order valence-corrected chi connectivity index (χ1v) is 13.8. The van der Waals surface area contributed by atoms with Crippen LogP contribution in [0.4, 0.5) is 19.0 Å². The van der Waals surface area contributed by atoms with Gasteiger partial charge in [-0.15, -0.1) is 0 Å². The molecule has 8 rings (SSSR count). The van der Waals surface area contributed by atoms with Crippen LogP contribution in [-0.2, 0) is 13.7 Å². The van der Waals surface area contributed by atoms with Gasteiger partial charge in [0.15, 0.2) is 17.5 Å². The molecule has 6 aromatic rings. The van der Waals surface area contributed by atoms with Gasteiger partial charge in [0.25, 0.3) is 0 Å². The quantitative estimate of drug-likeness (QED) is 0.301. The number of aromatic amines is 1. The van der Waals surface area contributed by atoms with E-state index < -0.39 is 17.5 Å². The molecule has 9 nitrogen and oxygen atoms in total. The van der Waals surface area contributed by atoms with Crippen LogP contribution in [0.15, 0.2) is 48.8 Å². The fourth-order valence-corrected chi connectivity index (χ4v) is 6.29. The Balaban J connectivity index is 1.25. The normalized spacial score (nSPS) is 18.5. The van der Waals surface area contributed by atoms with E-state index in [4.69, 9.17) is 9.72 Å². The summed E-state index contributed by atoms with van der Waals surface area (Å²) in [6.07, 6.45) is 5.49. The summed E-state index contributed by atoms with van der Waals surface area (Å²) >= 11 is 0. The van der Waals surface area contributed by atoms with Crippen molar-refractivity contribution in [2.75, 3.05) is 18.0 Å². The fourth-order valence-electron chi connectivity index (χ4n) is 6.29. The topological polar surface area (TPSA) is 96.8 Å². The van der Waals surface area contributed by atoms with Crippen molar-refractivity contribution in [3.8, 4) is 17.3 Å². The van der Waals surface area contributed by atoms with Crippen LogP contribution in [0.25, 0.3) is 44.0 Å². The molecule has 12 heteroatoms. The molecule has 2 saturated heterocycles. The molecule has 0 radical (unpaired) electrons. The van der Waals surface area contributed by atoms with Gasteiger partial charge in [-0.05, 0) is 30.4 Å². The van der Waals surface area contributed by atoms with Crippen molar-refractivity contribution in [3.05, 3.63) is 71.9 Å². The highest BCUT2D eigenvalue weighted by atomic mass is 19.2. The van der Waals surface area contributed by atoms with Gasteiger partial charge in [-0.3, -0.25) is 9.67 Å². The van der Waals surface area contributed by atoms with Crippen molar-refractivity contribution < 1.29 is 17.9 Å². The first-order valence-electron chi connectivity index (χ1n) is 13.8. The summed E-state index contributed by atoms with van der Waals surface area (Å²) in [6.45, 7) is 1.52. The number of aromatic nitrogens is 6. The molecule has 2 N–H and O–H groups in total. The molecule has 0 spiro atoms. The van der Waals surface area contributed by atoms with Crippen LogP contribution in [0.3, 0.4) is 0 Å². The standard InChI is InChI=1S/C30H25F3N8O/c1-40-13-23-22(39-40)9-18(36-23)14-42-30-37-28-20(29(38-30)41-11-16-6-7-17(12-41)35-16)10-34-27(26(28)33)19-4-2-3-15-5-8-21(31)25(32)24(15)19/h2-5,8-10,13,16-17,35-36H,6-7,11-12,14H2,1H3/t16-,17+. The Hall–Kier alpha value is -4.71. The average molecular weight is 571 g/mol. The Morgan fingerprint density at radius 2 is 1.86 bits per heavy atom.